The molecule has 2 atom stereocenters. The van der Waals surface area contributed by atoms with Gasteiger partial charge in [0.25, 0.3) is 5.91 Å². The van der Waals surface area contributed by atoms with Crippen LogP contribution in [0, 0.1) is 5.92 Å². The van der Waals surface area contributed by atoms with Crippen molar-refractivity contribution < 1.29 is 28.7 Å². The number of hydrazone groups is 1. The Kier molecular flexibility index (Phi) is 11.8. The van der Waals surface area contributed by atoms with E-state index in [2.05, 4.69) is 5.10 Å². The van der Waals surface area contributed by atoms with Gasteiger partial charge in [-0.2, -0.15) is 5.10 Å². The van der Waals surface area contributed by atoms with E-state index in [1.54, 1.807) is 13.1 Å². The minimum atomic E-state index is -0.711. The molecular formula is C29H41N3O6. The highest BCUT2D eigenvalue weighted by atomic mass is 16.5. The molecule has 3 amide bonds. The average Bonchev–Trinajstić information content (AvgIpc) is 3.13. The zero-order valence-corrected chi connectivity index (χ0v) is 22.7. The first-order valence-corrected chi connectivity index (χ1v) is 14.0. The second kappa shape index (κ2) is 15.2. The summed E-state index contributed by atoms with van der Waals surface area (Å²) in [5.74, 6) is -0.699. The van der Waals surface area contributed by atoms with Crippen LogP contribution in [0.5, 0.6) is 0 Å². The zero-order valence-electron chi connectivity index (χ0n) is 22.7. The fourth-order valence-corrected chi connectivity index (χ4v) is 5.16. The predicted molar refractivity (Wildman–Crippen MR) is 143 cm³/mol. The predicted octanol–water partition coefficient (Wildman–Crippen LogP) is 5.22. The quantitative estimate of drug-likeness (QED) is 0.142. The maximum atomic E-state index is 13.4. The third-order valence-corrected chi connectivity index (χ3v) is 7.12. The molecule has 0 aromatic heterocycles. The number of carbonyl (C=O) groups is 4. The first-order chi connectivity index (χ1) is 18.4. The molecule has 3 rings (SSSR count). The van der Waals surface area contributed by atoms with Crippen LogP contribution in [-0.2, 0) is 30.4 Å². The third kappa shape index (κ3) is 8.67. The number of benzene rings is 1. The maximum absolute atomic E-state index is 13.4. The van der Waals surface area contributed by atoms with Gasteiger partial charge >= 0.3 is 18.0 Å². The number of hydrogen-bond acceptors (Lipinski definition) is 7. The first kappa shape index (κ1) is 29.3. The van der Waals surface area contributed by atoms with Gasteiger partial charge in [0.15, 0.2) is 0 Å². The molecule has 1 aliphatic heterocycles. The molecule has 1 aromatic rings. The van der Waals surface area contributed by atoms with E-state index in [4.69, 9.17) is 9.47 Å². The normalized spacial score (nSPS) is 19.3. The minimum absolute atomic E-state index is 0.156. The summed E-state index contributed by atoms with van der Waals surface area (Å²) < 4.78 is 10.5. The summed E-state index contributed by atoms with van der Waals surface area (Å²) in [6, 6.07) is 8.22. The SMILES string of the molecule is CCOC(=O)CCCCCCC1C(=O)N(Cc2ccccc2)C(=O)N1/N=C/C(OC(C)=O)C1CCCCC1. The molecule has 1 aliphatic carbocycles. The van der Waals surface area contributed by atoms with Gasteiger partial charge in [-0.05, 0) is 38.2 Å². The standard InChI is InChI=1S/C29H41N3O6/c1-3-37-27(34)19-13-5-4-12-18-25-28(35)31(21-23-14-8-6-9-15-23)29(36)32(25)30-20-26(38-22(2)33)24-16-10-7-11-17-24/h6,8-9,14-15,20,24-26H,3-5,7,10-13,16-19,21H2,1-2H3/b30-20+. The molecule has 0 N–H and O–H groups in total. The van der Waals surface area contributed by atoms with Crippen molar-refractivity contribution in [3.8, 4) is 0 Å². The second-order valence-electron chi connectivity index (χ2n) is 10.0. The summed E-state index contributed by atoms with van der Waals surface area (Å²) in [7, 11) is 0. The Morgan fingerprint density at radius 1 is 1.05 bits per heavy atom. The fraction of sp³-hybridized carbons (Fsp3) is 0.621. The molecule has 2 fully saturated rings. The van der Waals surface area contributed by atoms with Crippen LogP contribution in [0.25, 0.3) is 0 Å². The summed E-state index contributed by atoms with van der Waals surface area (Å²) in [6.45, 7) is 3.72. The number of esters is 2. The molecule has 2 unspecified atom stereocenters. The number of rotatable bonds is 14. The summed E-state index contributed by atoms with van der Waals surface area (Å²) in [5, 5.41) is 5.74. The summed E-state index contributed by atoms with van der Waals surface area (Å²) in [6.07, 6.45) is 10.1. The number of urea groups is 1. The van der Waals surface area contributed by atoms with Crippen molar-refractivity contribution in [2.24, 2.45) is 11.0 Å². The van der Waals surface area contributed by atoms with Crippen molar-refractivity contribution in [2.45, 2.75) is 103 Å². The Balaban J connectivity index is 1.68. The van der Waals surface area contributed by atoms with Crippen LogP contribution < -0.4 is 0 Å². The smallest absolute Gasteiger partial charge is 0.348 e. The van der Waals surface area contributed by atoms with Crippen molar-refractivity contribution in [1.82, 2.24) is 9.91 Å². The van der Waals surface area contributed by atoms with Crippen LogP contribution in [0.1, 0.15) is 90.0 Å². The molecule has 1 aromatic carbocycles. The molecule has 208 valence electrons. The van der Waals surface area contributed by atoms with Crippen LogP contribution in [-0.4, -0.2) is 58.8 Å². The van der Waals surface area contributed by atoms with E-state index in [9.17, 15) is 19.2 Å². The van der Waals surface area contributed by atoms with Crippen molar-refractivity contribution in [3.63, 3.8) is 0 Å². The van der Waals surface area contributed by atoms with Gasteiger partial charge in [-0.3, -0.25) is 19.3 Å². The molecule has 9 nitrogen and oxygen atoms in total. The molecule has 0 bridgehead atoms. The lowest BCUT2D eigenvalue weighted by Crippen LogP contribution is -2.34. The van der Waals surface area contributed by atoms with Crippen LogP contribution in [0.4, 0.5) is 4.79 Å². The molecule has 0 spiro atoms. The molecule has 1 saturated heterocycles. The van der Waals surface area contributed by atoms with E-state index in [1.165, 1.54) is 16.8 Å². The first-order valence-electron chi connectivity index (χ1n) is 14.0. The van der Waals surface area contributed by atoms with E-state index in [0.29, 0.717) is 25.9 Å². The average molecular weight is 528 g/mol. The molecule has 9 heteroatoms. The fourth-order valence-electron chi connectivity index (χ4n) is 5.16. The van der Waals surface area contributed by atoms with E-state index in [0.717, 1.165) is 56.9 Å². The lowest BCUT2D eigenvalue weighted by Gasteiger charge is -2.27. The molecular weight excluding hydrogens is 486 g/mol. The van der Waals surface area contributed by atoms with Gasteiger partial charge in [-0.25, -0.2) is 9.80 Å². The van der Waals surface area contributed by atoms with Crippen molar-refractivity contribution in [2.75, 3.05) is 6.61 Å². The van der Waals surface area contributed by atoms with Gasteiger partial charge in [0.2, 0.25) is 0 Å². The van der Waals surface area contributed by atoms with Gasteiger partial charge in [-0.1, -0.05) is 68.9 Å². The monoisotopic (exact) mass is 527 g/mol. The van der Waals surface area contributed by atoms with Gasteiger partial charge < -0.3 is 9.47 Å². The molecule has 0 radical (unpaired) electrons. The Morgan fingerprint density at radius 2 is 1.76 bits per heavy atom. The van der Waals surface area contributed by atoms with Crippen molar-refractivity contribution >= 4 is 30.1 Å². The number of ether oxygens (including phenoxy) is 2. The Bertz CT molecular complexity index is 960. The highest BCUT2D eigenvalue weighted by molar-refractivity contribution is 6.04. The van der Waals surface area contributed by atoms with Gasteiger partial charge in [0, 0.05) is 19.3 Å². The highest BCUT2D eigenvalue weighted by Gasteiger charge is 2.45. The lowest BCUT2D eigenvalue weighted by molar-refractivity contribution is -0.145. The summed E-state index contributed by atoms with van der Waals surface area (Å²) in [5.41, 5.74) is 0.859. The van der Waals surface area contributed by atoms with Gasteiger partial charge in [0.1, 0.15) is 12.1 Å². The van der Waals surface area contributed by atoms with Gasteiger partial charge in [0.05, 0.1) is 19.4 Å². The Morgan fingerprint density at radius 3 is 2.45 bits per heavy atom. The number of unbranched alkanes of at least 4 members (excludes halogenated alkanes) is 3. The number of amides is 3. The summed E-state index contributed by atoms with van der Waals surface area (Å²) in [4.78, 5) is 51.3. The second-order valence-corrected chi connectivity index (χ2v) is 10.0. The molecule has 2 aliphatic rings. The number of carbonyl (C=O) groups excluding carboxylic acids is 4. The number of hydrogen-bond donors (Lipinski definition) is 0. The van der Waals surface area contributed by atoms with Crippen LogP contribution in [0.15, 0.2) is 35.4 Å². The Labute approximate surface area is 225 Å². The largest absolute Gasteiger partial charge is 0.466 e. The van der Waals surface area contributed by atoms with Crippen molar-refractivity contribution in [3.05, 3.63) is 35.9 Å². The van der Waals surface area contributed by atoms with Crippen LogP contribution >= 0.6 is 0 Å². The lowest BCUT2D eigenvalue weighted by atomic mass is 9.85. The number of nitrogens with zero attached hydrogens (tertiary/aromatic N) is 3. The molecule has 1 saturated carbocycles. The highest BCUT2D eigenvalue weighted by Crippen LogP contribution is 2.29. The van der Waals surface area contributed by atoms with E-state index in [-0.39, 0.29) is 30.3 Å². The topological polar surface area (TPSA) is 106 Å². The van der Waals surface area contributed by atoms with E-state index < -0.39 is 18.2 Å². The molecule has 38 heavy (non-hydrogen) atoms. The van der Waals surface area contributed by atoms with Crippen molar-refractivity contribution in [1.29, 1.82) is 0 Å². The van der Waals surface area contributed by atoms with Crippen LogP contribution in [0.2, 0.25) is 0 Å². The third-order valence-electron chi connectivity index (χ3n) is 7.12. The Hall–Kier alpha value is -3.23. The minimum Gasteiger partial charge on any atom is -0.466 e. The molecule has 1 heterocycles. The van der Waals surface area contributed by atoms with Gasteiger partial charge in [-0.15, -0.1) is 0 Å². The van der Waals surface area contributed by atoms with Crippen LogP contribution in [0.3, 0.4) is 0 Å². The zero-order chi connectivity index (χ0) is 27.3. The summed E-state index contributed by atoms with van der Waals surface area (Å²) >= 11 is 0. The number of imide groups is 1. The maximum Gasteiger partial charge on any atom is 0.348 e. The van der Waals surface area contributed by atoms with E-state index >= 15 is 0 Å². The van der Waals surface area contributed by atoms with E-state index in [1.807, 2.05) is 30.3 Å².